The number of aliphatic imine (C=N–C) groups is 2. The number of benzene rings is 1. The Balaban J connectivity index is 3.48. The van der Waals surface area contributed by atoms with Gasteiger partial charge in [-0.2, -0.15) is 0 Å². The van der Waals surface area contributed by atoms with Gasteiger partial charge < -0.3 is 0 Å². The van der Waals surface area contributed by atoms with Crippen molar-refractivity contribution < 1.29 is 0 Å². The van der Waals surface area contributed by atoms with Crippen LogP contribution in [0.1, 0.15) is 30.9 Å². The molecule has 0 bridgehead atoms. The molecule has 0 aromatic heterocycles. The molecule has 2 heteroatoms. The average Bonchev–Trinajstić information content (AvgIpc) is 2.16. The molecule has 74 valence electrons. The Hall–Kier alpha value is -1.44. The van der Waals surface area contributed by atoms with E-state index < -0.39 is 0 Å². The average molecular weight is 188 g/mol. The molecule has 0 aliphatic rings. The molecule has 0 heterocycles. The third-order valence-corrected chi connectivity index (χ3v) is 2.32. The van der Waals surface area contributed by atoms with E-state index in [1.165, 1.54) is 5.56 Å². The lowest BCUT2D eigenvalue weighted by molar-refractivity contribution is 0.866. The molecule has 1 rings (SSSR count). The van der Waals surface area contributed by atoms with Crippen LogP contribution < -0.4 is 0 Å². The van der Waals surface area contributed by atoms with Gasteiger partial charge in [-0.05, 0) is 37.4 Å². The maximum Gasteiger partial charge on any atom is 0.0915 e. The Bertz CT molecular complexity index is 365. The van der Waals surface area contributed by atoms with Crippen molar-refractivity contribution in [2.24, 2.45) is 9.98 Å². The van der Waals surface area contributed by atoms with Gasteiger partial charge in [0, 0.05) is 0 Å². The lowest BCUT2D eigenvalue weighted by Gasteiger charge is -2.12. The van der Waals surface area contributed by atoms with Gasteiger partial charge in [0.1, 0.15) is 0 Å². The summed E-state index contributed by atoms with van der Waals surface area (Å²) in [6.07, 6.45) is 0. The Kier molecular flexibility index (Phi) is 3.18. The van der Waals surface area contributed by atoms with Gasteiger partial charge in [-0.3, -0.25) is 9.98 Å². The first-order chi connectivity index (χ1) is 6.61. The Morgan fingerprint density at radius 3 is 2.07 bits per heavy atom. The standard InChI is InChI=1S/C12H16N2/c1-8(2)10-7-6-9(3)11(13-4)12(10)14-5/h6-8H,4-5H2,1-3H3. The summed E-state index contributed by atoms with van der Waals surface area (Å²) in [5.74, 6) is 0.427. The predicted octanol–water partition coefficient (Wildman–Crippen LogP) is 3.78. The molecular formula is C12H16N2. The van der Waals surface area contributed by atoms with Crippen LogP contribution in [0.5, 0.6) is 0 Å². The second-order valence-corrected chi connectivity index (χ2v) is 3.64. The van der Waals surface area contributed by atoms with Crippen molar-refractivity contribution in [1.29, 1.82) is 0 Å². The number of nitrogens with zero attached hydrogens (tertiary/aromatic N) is 2. The number of rotatable bonds is 3. The minimum Gasteiger partial charge on any atom is -0.262 e. The summed E-state index contributed by atoms with van der Waals surface area (Å²) >= 11 is 0. The lowest BCUT2D eigenvalue weighted by Crippen LogP contribution is -1.89. The molecule has 1 aromatic rings. The largest absolute Gasteiger partial charge is 0.262 e. The summed E-state index contributed by atoms with van der Waals surface area (Å²) in [6, 6.07) is 4.13. The van der Waals surface area contributed by atoms with Crippen molar-refractivity contribution in [2.75, 3.05) is 0 Å². The van der Waals surface area contributed by atoms with Crippen LogP contribution in [-0.4, -0.2) is 13.4 Å². The first-order valence-electron chi connectivity index (χ1n) is 4.68. The molecule has 14 heavy (non-hydrogen) atoms. The van der Waals surface area contributed by atoms with E-state index in [1.54, 1.807) is 0 Å². The third kappa shape index (κ3) is 1.74. The molecule has 0 aliphatic heterocycles. The molecule has 0 N–H and O–H groups in total. The van der Waals surface area contributed by atoms with Crippen LogP contribution in [0.25, 0.3) is 0 Å². The van der Waals surface area contributed by atoms with Crippen molar-refractivity contribution in [3.63, 3.8) is 0 Å². The fraction of sp³-hybridized carbons (Fsp3) is 0.333. The topological polar surface area (TPSA) is 24.7 Å². The van der Waals surface area contributed by atoms with Gasteiger partial charge in [0.15, 0.2) is 0 Å². The molecular weight excluding hydrogens is 172 g/mol. The highest BCUT2D eigenvalue weighted by Crippen LogP contribution is 2.37. The SMILES string of the molecule is C=Nc1c(C)ccc(C(C)C)c1N=C. The van der Waals surface area contributed by atoms with E-state index in [0.717, 1.165) is 16.9 Å². The molecule has 0 saturated carbocycles. The van der Waals surface area contributed by atoms with E-state index in [2.05, 4.69) is 43.3 Å². The molecule has 0 saturated heterocycles. The summed E-state index contributed by atoms with van der Waals surface area (Å²) in [4.78, 5) is 8.04. The highest BCUT2D eigenvalue weighted by atomic mass is 14.8. The van der Waals surface area contributed by atoms with E-state index in [-0.39, 0.29) is 0 Å². The Labute approximate surface area is 85.4 Å². The molecule has 0 aliphatic carbocycles. The van der Waals surface area contributed by atoms with Crippen LogP contribution in [0.15, 0.2) is 22.1 Å². The highest BCUT2D eigenvalue weighted by molar-refractivity contribution is 5.74. The highest BCUT2D eigenvalue weighted by Gasteiger charge is 2.11. The quantitative estimate of drug-likeness (QED) is 0.645. The van der Waals surface area contributed by atoms with Crippen LogP contribution in [0.3, 0.4) is 0 Å². The van der Waals surface area contributed by atoms with Crippen LogP contribution in [-0.2, 0) is 0 Å². The molecule has 0 spiro atoms. The monoisotopic (exact) mass is 188 g/mol. The molecule has 0 atom stereocenters. The molecule has 0 radical (unpaired) electrons. The van der Waals surface area contributed by atoms with Crippen molar-refractivity contribution in [3.8, 4) is 0 Å². The second kappa shape index (κ2) is 4.18. The maximum atomic E-state index is 4.04. The van der Waals surface area contributed by atoms with Crippen molar-refractivity contribution in [1.82, 2.24) is 0 Å². The number of aryl methyl sites for hydroxylation is 1. The normalized spacial score (nSPS) is 10.3. The van der Waals surface area contributed by atoms with Gasteiger partial charge in [-0.25, -0.2) is 0 Å². The predicted molar refractivity (Wildman–Crippen MR) is 63.7 cm³/mol. The number of hydrogen-bond acceptors (Lipinski definition) is 2. The Morgan fingerprint density at radius 1 is 1.07 bits per heavy atom. The molecule has 0 fully saturated rings. The summed E-state index contributed by atoms with van der Waals surface area (Å²) < 4.78 is 0. The van der Waals surface area contributed by atoms with Crippen LogP contribution in [0, 0.1) is 6.92 Å². The first-order valence-corrected chi connectivity index (χ1v) is 4.68. The zero-order valence-electron chi connectivity index (χ0n) is 9.04. The van der Waals surface area contributed by atoms with Gasteiger partial charge in [-0.1, -0.05) is 26.0 Å². The van der Waals surface area contributed by atoms with E-state index >= 15 is 0 Å². The van der Waals surface area contributed by atoms with E-state index in [9.17, 15) is 0 Å². The smallest absolute Gasteiger partial charge is 0.0915 e. The first kappa shape index (κ1) is 10.6. The van der Waals surface area contributed by atoms with Gasteiger partial charge >= 0.3 is 0 Å². The lowest BCUT2D eigenvalue weighted by atomic mass is 9.98. The summed E-state index contributed by atoms with van der Waals surface area (Å²) in [5, 5.41) is 0. The zero-order chi connectivity index (χ0) is 10.7. The molecule has 0 unspecified atom stereocenters. The Morgan fingerprint density at radius 2 is 1.64 bits per heavy atom. The summed E-state index contributed by atoms with van der Waals surface area (Å²) in [7, 11) is 0. The summed E-state index contributed by atoms with van der Waals surface area (Å²) in [6.45, 7) is 13.4. The van der Waals surface area contributed by atoms with Gasteiger partial charge in [0.25, 0.3) is 0 Å². The minimum absolute atomic E-state index is 0.427. The van der Waals surface area contributed by atoms with Gasteiger partial charge in [0.05, 0.1) is 11.4 Å². The van der Waals surface area contributed by atoms with Gasteiger partial charge in [0.2, 0.25) is 0 Å². The molecule has 1 aromatic carbocycles. The van der Waals surface area contributed by atoms with Crippen LogP contribution >= 0.6 is 0 Å². The molecule has 0 amide bonds. The molecule has 2 nitrogen and oxygen atoms in total. The van der Waals surface area contributed by atoms with Gasteiger partial charge in [-0.15, -0.1) is 0 Å². The van der Waals surface area contributed by atoms with Crippen LogP contribution in [0.4, 0.5) is 11.4 Å². The summed E-state index contributed by atoms with van der Waals surface area (Å²) in [5.41, 5.74) is 3.99. The zero-order valence-corrected chi connectivity index (χ0v) is 9.04. The van der Waals surface area contributed by atoms with Crippen molar-refractivity contribution in [2.45, 2.75) is 26.7 Å². The van der Waals surface area contributed by atoms with Crippen molar-refractivity contribution >= 4 is 24.8 Å². The van der Waals surface area contributed by atoms with E-state index in [0.29, 0.717) is 5.92 Å². The minimum atomic E-state index is 0.427. The van der Waals surface area contributed by atoms with Crippen LogP contribution in [0.2, 0.25) is 0 Å². The van der Waals surface area contributed by atoms with E-state index in [4.69, 9.17) is 0 Å². The van der Waals surface area contributed by atoms with Crippen molar-refractivity contribution in [3.05, 3.63) is 23.3 Å². The van der Waals surface area contributed by atoms with E-state index in [1.807, 2.05) is 13.0 Å². The fourth-order valence-electron chi connectivity index (χ4n) is 1.53. The maximum absolute atomic E-state index is 4.04. The fourth-order valence-corrected chi connectivity index (χ4v) is 1.53. The second-order valence-electron chi connectivity index (χ2n) is 3.64. The third-order valence-electron chi connectivity index (χ3n) is 2.32. The number of hydrogen-bond donors (Lipinski definition) is 0.